The molecule has 6 nitrogen and oxygen atoms in total. The zero-order chi connectivity index (χ0) is 18.9. The molecule has 4 rings (SSSR count). The smallest absolute Gasteiger partial charge is 0.217 e. The topological polar surface area (TPSA) is 66.4 Å². The van der Waals surface area contributed by atoms with Crippen LogP contribution in [0.25, 0.3) is 10.9 Å². The van der Waals surface area contributed by atoms with Crippen LogP contribution in [0.4, 0.5) is 5.82 Å². The summed E-state index contributed by atoms with van der Waals surface area (Å²) >= 11 is 1.70. The van der Waals surface area contributed by atoms with Gasteiger partial charge >= 0.3 is 0 Å². The van der Waals surface area contributed by atoms with Gasteiger partial charge in [0.15, 0.2) is 0 Å². The molecule has 0 N–H and O–H groups in total. The molecule has 0 amide bonds. The van der Waals surface area contributed by atoms with Crippen molar-refractivity contribution >= 4 is 38.5 Å². The van der Waals surface area contributed by atoms with E-state index in [1.165, 1.54) is 4.90 Å². The highest BCUT2D eigenvalue weighted by atomic mass is 32.2. The minimum absolute atomic E-state index is 0.262. The van der Waals surface area contributed by atoms with E-state index in [-0.39, 0.29) is 5.25 Å². The fourth-order valence-corrected chi connectivity index (χ4v) is 6.53. The van der Waals surface area contributed by atoms with Gasteiger partial charge in [0.2, 0.25) is 10.0 Å². The number of aromatic nitrogens is 2. The van der Waals surface area contributed by atoms with E-state index in [0.717, 1.165) is 36.0 Å². The molecule has 2 aromatic rings. The number of nitrogens with zero attached hydrogens (tertiary/aromatic N) is 4. The van der Waals surface area contributed by atoms with Crippen LogP contribution in [-0.2, 0) is 10.0 Å². The second kappa shape index (κ2) is 7.93. The van der Waals surface area contributed by atoms with Crippen molar-refractivity contribution in [2.45, 2.75) is 42.2 Å². The van der Waals surface area contributed by atoms with Crippen LogP contribution in [-0.4, -0.2) is 60.4 Å². The number of piperidine rings is 2. The Hall–Kier alpha value is -1.38. The van der Waals surface area contributed by atoms with Crippen molar-refractivity contribution in [2.24, 2.45) is 0 Å². The minimum atomic E-state index is -3.17. The number of fused-ring (bicyclic) bond motifs is 1. The molecular formula is C19H26N4O2S2. The lowest BCUT2D eigenvalue weighted by Crippen LogP contribution is -2.47. The summed E-state index contributed by atoms with van der Waals surface area (Å²) in [6.45, 7) is 2.81. The summed E-state index contributed by atoms with van der Waals surface area (Å²) in [5.41, 5.74) is 0.931. The Morgan fingerprint density at radius 1 is 1.04 bits per heavy atom. The van der Waals surface area contributed by atoms with E-state index < -0.39 is 10.0 Å². The fourth-order valence-electron chi connectivity index (χ4n) is 4.10. The van der Waals surface area contributed by atoms with Crippen LogP contribution in [0.15, 0.2) is 29.4 Å². The normalized spacial score (nSPS) is 20.3. The molecule has 2 fully saturated rings. The van der Waals surface area contributed by atoms with Gasteiger partial charge in [-0.15, -0.1) is 11.8 Å². The first-order chi connectivity index (χ1) is 13.1. The zero-order valence-corrected chi connectivity index (χ0v) is 17.3. The SMILES string of the molecule is CSc1ccc2ncnc(N3CCC(S(=O)(=O)N4CCCCC4)CC3)c2c1. The fraction of sp³-hybridized carbons (Fsp3) is 0.579. The second-order valence-electron chi connectivity index (χ2n) is 7.27. The Kier molecular flexibility index (Phi) is 5.57. The number of anilines is 1. The van der Waals surface area contributed by atoms with Crippen molar-refractivity contribution in [1.29, 1.82) is 0 Å². The van der Waals surface area contributed by atoms with Crippen molar-refractivity contribution in [3.63, 3.8) is 0 Å². The molecule has 27 heavy (non-hydrogen) atoms. The summed E-state index contributed by atoms with van der Waals surface area (Å²) in [5, 5.41) is 0.781. The Bertz CT molecular complexity index is 905. The first-order valence-corrected chi connectivity index (χ1v) is 12.3. The number of rotatable bonds is 4. The Morgan fingerprint density at radius 3 is 2.48 bits per heavy atom. The number of benzene rings is 1. The summed E-state index contributed by atoms with van der Waals surface area (Å²) in [6, 6.07) is 6.23. The maximum atomic E-state index is 13.0. The third-order valence-corrected chi connectivity index (χ3v) is 8.78. The molecular weight excluding hydrogens is 380 g/mol. The molecule has 2 aliphatic heterocycles. The van der Waals surface area contributed by atoms with Crippen LogP contribution in [0.2, 0.25) is 0 Å². The summed E-state index contributed by atoms with van der Waals surface area (Å²) in [5.74, 6) is 0.921. The summed E-state index contributed by atoms with van der Waals surface area (Å²) in [6.07, 6.45) is 8.10. The first-order valence-electron chi connectivity index (χ1n) is 9.62. The average Bonchev–Trinajstić information content (AvgIpc) is 2.73. The van der Waals surface area contributed by atoms with E-state index in [1.807, 2.05) is 6.07 Å². The second-order valence-corrected chi connectivity index (χ2v) is 10.4. The van der Waals surface area contributed by atoms with Gasteiger partial charge < -0.3 is 4.90 Å². The van der Waals surface area contributed by atoms with E-state index in [2.05, 4.69) is 33.3 Å². The first kappa shape index (κ1) is 19.0. The van der Waals surface area contributed by atoms with Gasteiger partial charge in [0, 0.05) is 36.5 Å². The van der Waals surface area contributed by atoms with Crippen molar-refractivity contribution in [2.75, 3.05) is 37.3 Å². The highest BCUT2D eigenvalue weighted by Gasteiger charge is 2.35. The van der Waals surface area contributed by atoms with E-state index >= 15 is 0 Å². The molecule has 0 atom stereocenters. The van der Waals surface area contributed by atoms with Gasteiger partial charge in [-0.2, -0.15) is 0 Å². The predicted molar refractivity (Wildman–Crippen MR) is 111 cm³/mol. The average molecular weight is 407 g/mol. The molecule has 0 bridgehead atoms. The maximum Gasteiger partial charge on any atom is 0.217 e. The molecule has 0 aliphatic carbocycles. The molecule has 0 saturated carbocycles. The third-order valence-electron chi connectivity index (χ3n) is 5.66. The van der Waals surface area contributed by atoms with Crippen LogP contribution in [0.5, 0.6) is 0 Å². The quantitative estimate of drug-likeness (QED) is 0.727. The monoisotopic (exact) mass is 406 g/mol. The van der Waals surface area contributed by atoms with E-state index in [9.17, 15) is 8.42 Å². The molecule has 0 unspecified atom stereocenters. The van der Waals surface area contributed by atoms with Gasteiger partial charge in [-0.25, -0.2) is 22.7 Å². The maximum absolute atomic E-state index is 13.0. The predicted octanol–water partition coefficient (Wildman–Crippen LogP) is 3.14. The molecule has 3 heterocycles. The van der Waals surface area contributed by atoms with Crippen LogP contribution in [0.3, 0.4) is 0 Å². The number of thioether (sulfide) groups is 1. The lowest BCUT2D eigenvalue weighted by Gasteiger charge is -2.36. The van der Waals surface area contributed by atoms with Crippen LogP contribution in [0, 0.1) is 0 Å². The largest absolute Gasteiger partial charge is 0.356 e. The number of sulfonamides is 1. The highest BCUT2D eigenvalue weighted by molar-refractivity contribution is 7.98. The summed E-state index contributed by atoms with van der Waals surface area (Å²) in [4.78, 5) is 12.3. The zero-order valence-electron chi connectivity index (χ0n) is 15.7. The molecule has 2 aliphatic rings. The summed E-state index contributed by atoms with van der Waals surface area (Å²) < 4.78 is 27.6. The van der Waals surface area contributed by atoms with Crippen molar-refractivity contribution < 1.29 is 8.42 Å². The van der Waals surface area contributed by atoms with Gasteiger partial charge in [-0.05, 0) is 50.1 Å². The van der Waals surface area contributed by atoms with Gasteiger partial charge in [0.25, 0.3) is 0 Å². The highest BCUT2D eigenvalue weighted by Crippen LogP contribution is 2.31. The number of hydrogen-bond acceptors (Lipinski definition) is 6. The number of hydrogen-bond donors (Lipinski definition) is 0. The van der Waals surface area contributed by atoms with Gasteiger partial charge in [0.1, 0.15) is 12.1 Å². The van der Waals surface area contributed by atoms with Crippen LogP contribution in [0.1, 0.15) is 32.1 Å². The lowest BCUT2D eigenvalue weighted by molar-refractivity contribution is 0.338. The van der Waals surface area contributed by atoms with E-state index in [4.69, 9.17) is 0 Å². The Balaban J connectivity index is 1.52. The van der Waals surface area contributed by atoms with Gasteiger partial charge in [0.05, 0.1) is 10.8 Å². The standard InChI is InChI=1S/C19H26N4O2S2/c1-26-15-5-6-18-17(13-15)19(21-14-20-18)22-11-7-16(8-12-22)27(24,25)23-9-3-2-4-10-23/h5-6,13-14,16H,2-4,7-12H2,1H3. The van der Waals surface area contributed by atoms with Crippen molar-refractivity contribution in [3.8, 4) is 0 Å². The summed E-state index contributed by atoms with van der Waals surface area (Å²) in [7, 11) is -3.17. The molecule has 8 heteroatoms. The third kappa shape index (κ3) is 3.79. The van der Waals surface area contributed by atoms with Crippen molar-refractivity contribution in [1.82, 2.24) is 14.3 Å². The van der Waals surface area contributed by atoms with Crippen molar-refractivity contribution in [3.05, 3.63) is 24.5 Å². The van der Waals surface area contributed by atoms with Gasteiger partial charge in [-0.3, -0.25) is 0 Å². The van der Waals surface area contributed by atoms with Crippen LogP contribution >= 0.6 is 11.8 Å². The Morgan fingerprint density at radius 2 is 1.78 bits per heavy atom. The minimum Gasteiger partial charge on any atom is -0.356 e. The molecule has 0 spiro atoms. The lowest BCUT2D eigenvalue weighted by atomic mass is 10.1. The molecule has 146 valence electrons. The van der Waals surface area contributed by atoms with Crippen LogP contribution < -0.4 is 4.90 Å². The molecule has 1 aromatic heterocycles. The van der Waals surface area contributed by atoms with E-state index in [1.54, 1.807) is 22.4 Å². The molecule has 2 saturated heterocycles. The molecule has 0 radical (unpaired) electrons. The van der Waals surface area contributed by atoms with E-state index in [0.29, 0.717) is 39.0 Å². The Labute approximate surface area is 165 Å². The molecule has 1 aromatic carbocycles. The van der Waals surface area contributed by atoms with Gasteiger partial charge in [-0.1, -0.05) is 6.42 Å².